The fraction of sp³-hybridized carbons (Fsp3) is 0.941. The van der Waals surface area contributed by atoms with Crippen LogP contribution in [0.5, 0.6) is 0 Å². The van der Waals surface area contributed by atoms with E-state index in [-0.39, 0.29) is 11.5 Å². The van der Waals surface area contributed by atoms with Crippen LogP contribution in [0.3, 0.4) is 0 Å². The Balaban J connectivity index is 1.47. The Morgan fingerprint density at radius 1 is 1.23 bits per heavy atom. The van der Waals surface area contributed by atoms with E-state index in [1.165, 1.54) is 51.6 Å². The summed E-state index contributed by atoms with van der Waals surface area (Å²) < 4.78 is 6.20. The Labute approximate surface area is 133 Å². The van der Waals surface area contributed by atoms with Crippen molar-refractivity contribution >= 4 is 5.91 Å². The van der Waals surface area contributed by atoms with Gasteiger partial charge in [0.05, 0.1) is 5.60 Å². The van der Waals surface area contributed by atoms with Gasteiger partial charge in [-0.05, 0) is 77.0 Å². The summed E-state index contributed by atoms with van der Waals surface area (Å²) in [5.41, 5.74) is 5.41. The summed E-state index contributed by atoms with van der Waals surface area (Å²) in [6.07, 6.45) is 8.70. The summed E-state index contributed by atoms with van der Waals surface area (Å²) in [5.74, 6) is 0.538. The van der Waals surface area contributed by atoms with Gasteiger partial charge in [0.2, 0.25) is 5.91 Å². The third-order valence-corrected chi connectivity index (χ3v) is 5.95. The predicted octanol–water partition coefficient (Wildman–Crippen LogP) is 1.27. The van der Waals surface area contributed by atoms with Crippen LogP contribution < -0.4 is 11.1 Å². The molecular weight excluding hydrogens is 278 g/mol. The second-order valence-electron chi connectivity index (χ2n) is 7.41. The normalized spacial score (nSPS) is 30.5. The van der Waals surface area contributed by atoms with Crippen molar-refractivity contribution in [2.75, 3.05) is 32.8 Å². The van der Waals surface area contributed by atoms with Crippen molar-refractivity contribution < 1.29 is 9.53 Å². The average molecular weight is 309 g/mol. The molecular formula is C17H31N3O2. The van der Waals surface area contributed by atoms with Crippen LogP contribution in [0.4, 0.5) is 0 Å². The summed E-state index contributed by atoms with van der Waals surface area (Å²) in [6.45, 7) is 5.49. The molecule has 0 saturated carbocycles. The molecule has 0 aromatic carbocycles. The first kappa shape index (κ1) is 16.2. The molecule has 0 aliphatic carbocycles. The van der Waals surface area contributed by atoms with Gasteiger partial charge in [0.25, 0.3) is 0 Å². The quantitative estimate of drug-likeness (QED) is 0.820. The van der Waals surface area contributed by atoms with E-state index in [2.05, 4.69) is 10.2 Å². The van der Waals surface area contributed by atoms with E-state index in [0.717, 1.165) is 26.1 Å². The zero-order valence-electron chi connectivity index (χ0n) is 13.7. The Kier molecular flexibility index (Phi) is 5.37. The molecule has 3 saturated heterocycles. The molecule has 5 nitrogen and oxygen atoms in total. The van der Waals surface area contributed by atoms with Crippen molar-refractivity contribution in [1.29, 1.82) is 0 Å². The maximum Gasteiger partial charge on any atom is 0.217 e. The minimum atomic E-state index is -0.153. The molecule has 5 heteroatoms. The fourth-order valence-corrected chi connectivity index (χ4v) is 4.50. The van der Waals surface area contributed by atoms with E-state index in [4.69, 9.17) is 10.5 Å². The van der Waals surface area contributed by atoms with Gasteiger partial charge in [-0.15, -0.1) is 0 Å². The Hall–Kier alpha value is -0.650. The molecule has 0 aromatic rings. The largest absolute Gasteiger partial charge is 0.375 e. The van der Waals surface area contributed by atoms with Crippen LogP contribution in [0.25, 0.3) is 0 Å². The highest BCUT2D eigenvalue weighted by Crippen LogP contribution is 2.36. The zero-order chi connectivity index (χ0) is 15.4. The van der Waals surface area contributed by atoms with Gasteiger partial charge < -0.3 is 20.7 Å². The van der Waals surface area contributed by atoms with Crippen molar-refractivity contribution in [3.63, 3.8) is 0 Å². The summed E-state index contributed by atoms with van der Waals surface area (Å²) in [6, 6.07) is 0.698. The number of nitrogens with zero attached hydrogens (tertiary/aromatic N) is 1. The van der Waals surface area contributed by atoms with Crippen molar-refractivity contribution in [1.82, 2.24) is 10.2 Å². The lowest BCUT2D eigenvalue weighted by molar-refractivity contribution is -0.123. The summed E-state index contributed by atoms with van der Waals surface area (Å²) in [5, 5.41) is 3.45. The first-order valence-corrected chi connectivity index (χ1v) is 9.04. The number of amides is 1. The monoisotopic (exact) mass is 309 g/mol. The van der Waals surface area contributed by atoms with Gasteiger partial charge in [-0.1, -0.05) is 0 Å². The van der Waals surface area contributed by atoms with Crippen LogP contribution in [-0.2, 0) is 9.53 Å². The molecule has 1 unspecified atom stereocenters. The molecule has 0 bridgehead atoms. The first-order valence-electron chi connectivity index (χ1n) is 9.04. The van der Waals surface area contributed by atoms with Gasteiger partial charge in [0.1, 0.15) is 0 Å². The summed E-state index contributed by atoms with van der Waals surface area (Å²) in [4.78, 5) is 13.6. The highest BCUT2D eigenvalue weighted by Gasteiger charge is 2.40. The summed E-state index contributed by atoms with van der Waals surface area (Å²) in [7, 11) is 0. The van der Waals surface area contributed by atoms with Gasteiger partial charge in [-0.3, -0.25) is 4.79 Å². The number of piperidine rings is 2. The lowest BCUT2D eigenvalue weighted by atomic mass is 9.81. The first-order chi connectivity index (χ1) is 10.7. The Bertz CT molecular complexity index is 369. The standard InChI is InChI=1S/C17H31N3O2/c18-16(21)2-1-14-3-10-20(11-4-14)15-5-12-22-17(13-15)6-8-19-9-7-17/h14-15,19H,1-13H2,(H2,18,21). The van der Waals surface area contributed by atoms with Gasteiger partial charge in [-0.25, -0.2) is 0 Å². The number of hydrogen-bond donors (Lipinski definition) is 2. The minimum absolute atomic E-state index is 0.150. The van der Waals surface area contributed by atoms with Crippen LogP contribution in [0, 0.1) is 5.92 Å². The molecule has 22 heavy (non-hydrogen) atoms. The Morgan fingerprint density at radius 3 is 2.64 bits per heavy atom. The number of nitrogens with two attached hydrogens (primary N) is 1. The van der Waals surface area contributed by atoms with E-state index < -0.39 is 0 Å². The van der Waals surface area contributed by atoms with Crippen LogP contribution in [0.2, 0.25) is 0 Å². The van der Waals surface area contributed by atoms with Crippen LogP contribution in [0.1, 0.15) is 51.4 Å². The van der Waals surface area contributed by atoms with E-state index in [1.807, 2.05) is 0 Å². The van der Waals surface area contributed by atoms with Crippen LogP contribution in [-0.4, -0.2) is 55.2 Å². The number of likely N-dealkylation sites (tertiary alicyclic amines) is 1. The number of nitrogens with one attached hydrogen (secondary N) is 1. The van der Waals surface area contributed by atoms with E-state index in [1.54, 1.807) is 0 Å². The SMILES string of the molecule is NC(=O)CCC1CCN(C2CCOC3(CCNCC3)C2)CC1. The highest BCUT2D eigenvalue weighted by atomic mass is 16.5. The molecule has 1 atom stereocenters. The summed E-state index contributed by atoms with van der Waals surface area (Å²) >= 11 is 0. The van der Waals surface area contributed by atoms with Gasteiger partial charge in [-0.2, -0.15) is 0 Å². The number of hydrogen-bond acceptors (Lipinski definition) is 4. The number of carbonyl (C=O) groups excluding carboxylic acids is 1. The van der Waals surface area contributed by atoms with E-state index >= 15 is 0 Å². The molecule has 0 aromatic heterocycles. The molecule has 126 valence electrons. The third kappa shape index (κ3) is 4.00. The number of ether oxygens (including phenoxy) is 1. The molecule has 3 aliphatic heterocycles. The highest BCUT2D eigenvalue weighted by molar-refractivity contribution is 5.73. The molecule has 3 N–H and O–H groups in total. The van der Waals surface area contributed by atoms with Gasteiger partial charge >= 0.3 is 0 Å². The van der Waals surface area contributed by atoms with Crippen molar-refractivity contribution in [2.24, 2.45) is 11.7 Å². The number of rotatable bonds is 4. The molecule has 3 fully saturated rings. The van der Waals surface area contributed by atoms with Crippen molar-refractivity contribution in [3.8, 4) is 0 Å². The van der Waals surface area contributed by atoms with Crippen molar-refractivity contribution in [2.45, 2.75) is 63.0 Å². The van der Waals surface area contributed by atoms with Gasteiger partial charge in [0, 0.05) is 19.1 Å². The van der Waals surface area contributed by atoms with E-state index in [9.17, 15) is 4.79 Å². The second-order valence-corrected chi connectivity index (χ2v) is 7.41. The third-order valence-electron chi connectivity index (χ3n) is 5.95. The fourth-order valence-electron chi connectivity index (χ4n) is 4.50. The average Bonchev–Trinajstić information content (AvgIpc) is 2.54. The van der Waals surface area contributed by atoms with Crippen molar-refractivity contribution in [3.05, 3.63) is 0 Å². The number of primary amides is 1. The second kappa shape index (κ2) is 7.28. The smallest absolute Gasteiger partial charge is 0.217 e. The van der Waals surface area contributed by atoms with Crippen LogP contribution >= 0.6 is 0 Å². The zero-order valence-corrected chi connectivity index (χ0v) is 13.7. The number of carbonyl (C=O) groups is 1. The molecule has 0 radical (unpaired) electrons. The molecule has 3 heterocycles. The van der Waals surface area contributed by atoms with Gasteiger partial charge in [0.15, 0.2) is 0 Å². The minimum Gasteiger partial charge on any atom is -0.375 e. The molecule has 1 amide bonds. The Morgan fingerprint density at radius 2 is 1.95 bits per heavy atom. The predicted molar refractivity (Wildman–Crippen MR) is 86.5 cm³/mol. The maximum atomic E-state index is 10.9. The lowest BCUT2D eigenvalue weighted by Crippen LogP contribution is -2.54. The lowest BCUT2D eigenvalue weighted by Gasteiger charge is -2.48. The maximum absolute atomic E-state index is 10.9. The molecule has 1 spiro atoms. The van der Waals surface area contributed by atoms with Crippen LogP contribution in [0.15, 0.2) is 0 Å². The van der Waals surface area contributed by atoms with E-state index in [0.29, 0.717) is 18.4 Å². The molecule has 3 aliphatic rings. The topological polar surface area (TPSA) is 67.6 Å². The molecule has 3 rings (SSSR count).